The van der Waals surface area contributed by atoms with Crippen LogP contribution in [0.25, 0.3) is 0 Å². The summed E-state index contributed by atoms with van der Waals surface area (Å²) in [5.41, 5.74) is 3.18. The Kier molecular flexibility index (Phi) is 3.36. The fourth-order valence-corrected chi connectivity index (χ4v) is 0.717. The van der Waals surface area contributed by atoms with Gasteiger partial charge in [0.2, 0.25) is 0 Å². The van der Waals surface area contributed by atoms with Crippen molar-refractivity contribution < 1.29 is 0 Å². The minimum absolute atomic E-state index is 0.397. The number of hydrogen-bond donors (Lipinski definition) is 3. The van der Waals surface area contributed by atoms with E-state index in [0.29, 0.717) is 11.7 Å². The summed E-state index contributed by atoms with van der Waals surface area (Å²) in [7, 11) is 0. The second-order valence-corrected chi connectivity index (χ2v) is 2.44. The molecule has 4 N–H and O–H groups in total. The van der Waals surface area contributed by atoms with Crippen LogP contribution in [0.4, 0.5) is 0 Å². The molecule has 0 amide bonds. The Morgan fingerprint density at radius 3 is 3.08 bits per heavy atom. The monoisotopic (exact) mass is 183 g/mol. The lowest BCUT2D eigenvalue weighted by Crippen LogP contribution is -2.39. The first kappa shape index (κ1) is 8.82. The van der Waals surface area contributed by atoms with Crippen LogP contribution in [0, 0.1) is 0 Å². The lowest BCUT2D eigenvalue weighted by Gasteiger charge is -2.04. The maximum atomic E-state index is 5.05. The van der Waals surface area contributed by atoms with Crippen molar-refractivity contribution in [2.24, 2.45) is 5.84 Å². The van der Waals surface area contributed by atoms with Crippen LogP contribution in [0.15, 0.2) is 18.6 Å². The van der Waals surface area contributed by atoms with Gasteiger partial charge in [-0.3, -0.25) is 0 Å². The Bertz CT molecular complexity index is 249. The molecule has 0 unspecified atom stereocenters. The molecule has 6 heteroatoms. The summed E-state index contributed by atoms with van der Waals surface area (Å²) in [6, 6.07) is 1.80. The Balaban J connectivity index is 2.38. The summed E-state index contributed by atoms with van der Waals surface area (Å²) in [6.07, 6.45) is 3.15. The van der Waals surface area contributed by atoms with Crippen LogP contribution >= 0.6 is 12.2 Å². The van der Waals surface area contributed by atoms with E-state index in [4.69, 9.17) is 18.1 Å². The van der Waals surface area contributed by atoms with E-state index in [0.717, 1.165) is 5.69 Å². The van der Waals surface area contributed by atoms with Crippen LogP contribution in [0.2, 0.25) is 0 Å². The van der Waals surface area contributed by atoms with Gasteiger partial charge >= 0.3 is 0 Å². The van der Waals surface area contributed by atoms with E-state index in [1.54, 1.807) is 12.3 Å². The van der Waals surface area contributed by atoms with Crippen molar-refractivity contribution in [3.63, 3.8) is 0 Å². The molecule has 1 aromatic rings. The quantitative estimate of drug-likeness (QED) is 0.320. The molecule has 0 bridgehead atoms. The molecule has 0 radical (unpaired) electrons. The predicted molar refractivity (Wildman–Crippen MR) is 48.8 cm³/mol. The second kappa shape index (κ2) is 4.58. The van der Waals surface area contributed by atoms with E-state index in [9.17, 15) is 0 Å². The van der Waals surface area contributed by atoms with E-state index in [1.807, 2.05) is 0 Å². The first-order valence-corrected chi connectivity index (χ1v) is 3.73. The Labute approximate surface area is 75.4 Å². The molecule has 0 spiro atoms. The molecule has 0 aliphatic carbocycles. The average Bonchev–Trinajstić information content (AvgIpc) is 2.16. The van der Waals surface area contributed by atoms with E-state index in [2.05, 4.69) is 20.7 Å². The van der Waals surface area contributed by atoms with Crippen molar-refractivity contribution in [1.29, 1.82) is 0 Å². The molecule has 0 aromatic carbocycles. The topological polar surface area (TPSA) is 75.9 Å². The molecule has 0 aliphatic rings. The summed E-state index contributed by atoms with van der Waals surface area (Å²) in [6.45, 7) is 0.547. The third kappa shape index (κ3) is 2.77. The third-order valence-electron chi connectivity index (χ3n) is 1.20. The van der Waals surface area contributed by atoms with Gasteiger partial charge in [0.05, 0.1) is 12.2 Å². The molecule has 64 valence electrons. The maximum Gasteiger partial charge on any atom is 0.180 e. The lowest BCUT2D eigenvalue weighted by atomic mass is 10.4. The summed E-state index contributed by atoms with van der Waals surface area (Å²) < 4.78 is 0. The maximum absolute atomic E-state index is 5.05. The number of hydrazine groups is 1. The van der Waals surface area contributed by atoms with Gasteiger partial charge in [-0.1, -0.05) is 0 Å². The fourth-order valence-electron chi connectivity index (χ4n) is 0.645. The van der Waals surface area contributed by atoms with Crippen LogP contribution in [-0.2, 0) is 6.54 Å². The largest absolute Gasteiger partial charge is 0.356 e. The smallest absolute Gasteiger partial charge is 0.180 e. The standard InChI is InChI=1S/C6H9N5S/c7-11-6(12)9-3-5-1-2-8-4-10-5/h1-2,4H,3,7H2,(H2,9,11,12). The zero-order valence-electron chi connectivity index (χ0n) is 6.32. The number of nitrogens with one attached hydrogen (secondary N) is 2. The van der Waals surface area contributed by atoms with Gasteiger partial charge in [-0.05, 0) is 18.3 Å². The van der Waals surface area contributed by atoms with E-state index in [1.165, 1.54) is 6.33 Å². The predicted octanol–water partition coefficient (Wildman–Crippen LogP) is -0.686. The van der Waals surface area contributed by atoms with Gasteiger partial charge in [0, 0.05) is 6.20 Å². The molecule has 0 saturated heterocycles. The minimum atomic E-state index is 0.397. The summed E-state index contributed by atoms with van der Waals surface area (Å²) in [4.78, 5) is 7.76. The van der Waals surface area contributed by atoms with E-state index in [-0.39, 0.29) is 0 Å². The highest BCUT2D eigenvalue weighted by atomic mass is 32.1. The zero-order chi connectivity index (χ0) is 8.81. The fraction of sp³-hybridized carbons (Fsp3) is 0.167. The van der Waals surface area contributed by atoms with Crippen LogP contribution < -0.4 is 16.6 Å². The van der Waals surface area contributed by atoms with Gasteiger partial charge in [-0.15, -0.1) is 0 Å². The minimum Gasteiger partial charge on any atom is -0.356 e. The lowest BCUT2D eigenvalue weighted by molar-refractivity contribution is 0.833. The van der Waals surface area contributed by atoms with Crippen molar-refractivity contribution >= 4 is 17.3 Å². The first-order chi connectivity index (χ1) is 5.83. The molecule has 0 atom stereocenters. The second-order valence-electron chi connectivity index (χ2n) is 2.03. The molecule has 1 rings (SSSR count). The molecular weight excluding hydrogens is 174 g/mol. The van der Waals surface area contributed by atoms with Crippen LogP contribution in [0.5, 0.6) is 0 Å². The summed E-state index contributed by atoms with van der Waals surface area (Å²) in [5, 5.41) is 3.25. The first-order valence-electron chi connectivity index (χ1n) is 3.32. The van der Waals surface area contributed by atoms with Crippen LogP contribution in [0.1, 0.15) is 5.69 Å². The highest BCUT2D eigenvalue weighted by Gasteiger charge is 1.93. The van der Waals surface area contributed by atoms with Gasteiger partial charge < -0.3 is 10.7 Å². The number of thiocarbonyl (C=S) groups is 1. The number of nitrogens with zero attached hydrogens (tertiary/aromatic N) is 2. The zero-order valence-corrected chi connectivity index (χ0v) is 7.14. The van der Waals surface area contributed by atoms with Crippen LogP contribution in [0.3, 0.4) is 0 Å². The van der Waals surface area contributed by atoms with Crippen molar-refractivity contribution in [3.05, 3.63) is 24.3 Å². The van der Waals surface area contributed by atoms with Crippen LogP contribution in [-0.4, -0.2) is 15.1 Å². The van der Waals surface area contributed by atoms with Gasteiger partial charge in [0.1, 0.15) is 6.33 Å². The van der Waals surface area contributed by atoms with Gasteiger partial charge in [-0.2, -0.15) is 0 Å². The molecule has 1 heterocycles. The van der Waals surface area contributed by atoms with Crippen molar-refractivity contribution in [3.8, 4) is 0 Å². The Morgan fingerprint density at radius 1 is 1.67 bits per heavy atom. The molecule has 0 saturated carbocycles. The van der Waals surface area contributed by atoms with E-state index >= 15 is 0 Å². The summed E-state index contributed by atoms with van der Waals surface area (Å²) >= 11 is 4.76. The normalized spacial score (nSPS) is 9.08. The Hall–Kier alpha value is -1.27. The third-order valence-corrected chi connectivity index (χ3v) is 1.47. The van der Waals surface area contributed by atoms with Gasteiger partial charge in [0.15, 0.2) is 5.11 Å². The summed E-state index contributed by atoms with van der Waals surface area (Å²) in [5.74, 6) is 5.05. The van der Waals surface area contributed by atoms with Crippen molar-refractivity contribution in [2.45, 2.75) is 6.54 Å². The van der Waals surface area contributed by atoms with Crippen molar-refractivity contribution in [1.82, 2.24) is 20.7 Å². The van der Waals surface area contributed by atoms with E-state index < -0.39 is 0 Å². The highest BCUT2D eigenvalue weighted by Crippen LogP contribution is 1.88. The molecule has 5 nitrogen and oxygen atoms in total. The number of rotatable bonds is 2. The molecule has 0 fully saturated rings. The number of hydrogen-bond acceptors (Lipinski definition) is 4. The number of aromatic nitrogens is 2. The molecule has 12 heavy (non-hydrogen) atoms. The highest BCUT2D eigenvalue weighted by molar-refractivity contribution is 7.80. The van der Waals surface area contributed by atoms with Crippen molar-refractivity contribution in [2.75, 3.05) is 0 Å². The number of nitrogens with two attached hydrogens (primary N) is 1. The SMILES string of the molecule is NNC(=S)NCc1ccncn1. The average molecular weight is 183 g/mol. The molecule has 0 aliphatic heterocycles. The molecule has 1 aromatic heterocycles. The molecular formula is C6H9N5S. The van der Waals surface area contributed by atoms with Gasteiger partial charge in [0.25, 0.3) is 0 Å². The Morgan fingerprint density at radius 2 is 2.50 bits per heavy atom. The van der Waals surface area contributed by atoms with Gasteiger partial charge in [-0.25, -0.2) is 15.8 Å².